The first-order chi connectivity index (χ1) is 10.1. The Morgan fingerprint density at radius 3 is 1.95 bits per heavy atom. The second-order valence-electron chi connectivity index (χ2n) is 6.31. The summed E-state index contributed by atoms with van der Waals surface area (Å²) in [5.41, 5.74) is -3.79. The minimum Gasteiger partial charge on any atom is -0.389 e. The van der Waals surface area contributed by atoms with Crippen molar-refractivity contribution in [3.63, 3.8) is 0 Å². The molecule has 1 aliphatic heterocycles. The average Bonchev–Trinajstić information content (AvgIpc) is 2.38. The van der Waals surface area contributed by atoms with Gasteiger partial charge in [0.2, 0.25) is 5.91 Å². The summed E-state index contributed by atoms with van der Waals surface area (Å²) >= 11 is 0. The molecule has 2 N–H and O–H groups in total. The summed E-state index contributed by atoms with van der Waals surface area (Å²) in [7, 11) is 0. The van der Waals surface area contributed by atoms with E-state index in [9.17, 15) is 28.2 Å². The van der Waals surface area contributed by atoms with Crippen LogP contribution in [-0.4, -0.2) is 51.5 Å². The number of carbonyl (C=O) groups excluding carboxylic acids is 1. The van der Waals surface area contributed by atoms with Crippen LogP contribution >= 0.6 is 0 Å². The molecule has 22 heavy (non-hydrogen) atoms. The predicted octanol–water partition coefficient (Wildman–Crippen LogP) is 2.62. The average molecular weight is 325 g/mol. The Balaban J connectivity index is 2.62. The normalized spacial score (nSPS) is 19.3. The molecular weight excluding hydrogens is 299 g/mol. The monoisotopic (exact) mass is 325 g/mol. The molecule has 7 heteroatoms. The van der Waals surface area contributed by atoms with Crippen LogP contribution in [0.3, 0.4) is 0 Å². The Labute approximate surface area is 129 Å². The lowest BCUT2D eigenvalue weighted by molar-refractivity contribution is -0.272. The van der Waals surface area contributed by atoms with E-state index in [0.717, 1.165) is 12.8 Å². The smallest absolute Gasteiger partial charge is 0.389 e. The summed E-state index contributed by atoms with van der Waals surface area (Å²) in [6.45, 7) is 3.55. The lowest BCUT2D eigenvalue weighted by Gasteiger charge is -2.40. The molecule has 1 rings (SSSR count). The molecule has 4 nitrogen and oxygen atoms in total. The minimum atomic E-state index is -4.67. The molecule has 1 amide bonds. The predicted molar refractivity (Wildman–Crippen MR) is 76.2 cm³/mol. The van der Waals surface area contributed by atoms with E-state index in [2.05, 4.69) is 0 Å². The third kappa shape index (κ3) is 4.59. The van der Waals surface area contributed by atoms with Crippen LogP contribution in [0.4, 0.5) is 13.2 Å². The van der Waals surface area contributed by atoms with Gasteiger partial charge in [0.05, 0.1) is 12.0 Å². The number of carbonyl (C=O) groups is 1. The summed E-state index contributed by atoms with van der Waals surface area (Å²) in [5, 5.41) is 20.1. The van der Waals surface area contributed by atoms with Crippen molar-refractivity contribution in [2.24, 2.45) is 0 Å². The van der Waals surface area contributed by atoms with Gasteiger partial charge in [-0.1, -0.05) is 26.7 Å². The molecule has 0 spiro atoms. The van der Waals surface area contributed by atoms with Gasteiger partial charge in [0.15, 0.2) is 5.60 Å². The van der Waals surface area contributed by atoms with Crippen LogP contribution in [0.25, 0.3) is 0 Å². The van der Waals surface area contributed by atoms with Crippen molar-refractivity contribution in [2.75, 3.05) is 13.1 Å². The molecule has 0 aromatic carbocycles. The van der Waals surface area contributed by atoms with Crippen LogP contribution in [-0.2, 0) is 4.79 Å². The van der Waals surface area contributed by atoms with Crippen LogP contribution in [0.1, 0.15) is 58.8 Å². The second kappa shape index (κ2) is 7.17. The van der Waals surface area contributed by atoms with Crippen molar-refractivity contribution < 1.29 is 28.2 Å². The second-order valence-corrected chi connectivity index (χ2v) is 6.31. The summed E-state index contributed by atoms with van der Waals surface area (Å²) < 4.78 is 38.2. The van der Waals surface area contributed by atoms with Crippen LogP contribution in [0.2, 0.25) is 0 Å². The number of alkyl halides is 3. The maximum Gasteiger partial charge on any atom is 0.417 e. The van der Waals surface area contributed by atoms with E-state index in [4.69, 9.17) is 0 Å². The Bertz CT molecular complexity index is 371. The van der Waals surface area contributed by atoms with Gasteiger partial charge in [-0.3, -0.25) is 4.79 Å². The lowest BCUT2D eigenvalue weighted by atomic mass is 9.87. The zero-order valence-electron chi connectivity index (χ0n) is 13.2. The van der Waals surface area contributed by atoms with Crippen molar-refractivity contribution in [2.45, 2.75) is 76.2 Å². The Morgan fingerprint density at radius 2 is 1.59 bits per heavy atom. The highest BCUT2D eigenvalue weighted by Gasteiger charge is 2.55. The van der Waals surface area contributed by atoms with Gasteiger partial charge in [0.25, 0.3) is 0 Å². The fourth-order valence-corrected chi connectivity index (χ4v) is 3.04. The number of rotatable bonds is 6. The summed E-state index contributed by atoms with van der Waals surface area (Å²) in [6.07, 6.45) is -3.31. The van der Waals surface area contributed by atoms with E-state index in [1.807, 2.05) is 13.8 Å². The van der Waals surface area contributed by atoms with Crippen LogP contribution in [0.5, 0.6) is 0 Å². The van der Waals surface area contributed by atoms with Crippen molar-refractivity contribution in [3.05, 3.63) is 0 Å². The molecule has 0 atom stereocenters. The summed E-state index contributed by atoms with van der Waals surface area (Å²) in [4.78, 5) is 13.5. The van der Waals surface area contributed by atoms with E-state index in [1.165, 1.54) is 4.90 Å². The molecule has 1 aliphatic rings. The Kier molecular flexibility index (Phi) is 6.27. The largest absolute Gasteiger partial charge is 0.417 e. The van der Waals surface area contributed by atoms with E-state index in [1.54, 1.807) is 0 Å². The Morgan fingerprint density at radius 1 is 1.14 bits per heavy atom. The summed E-state index contributed by atoms with van der Waals surface area (Å²) in [5.74, 6) is -0.339. The summed E-state index contributed by atoms with van der Waals surface area (Å²) in [6, 6.07) is 0. The quantitative estimate of drug-likeness (QED) is 0.789. The van der Waals surface area contributed by atoms with Gasteiger partial charge in [-0.15, -0.1) is 0 Å². The highest BCUT2D eigenvalue weighted by atomic mass is 19.4. The molecule has 0 aliphatic carbocycles. The number of hydrogen-bond acceptors (Lipinski definition) is 3. The van der Waals surface area contributed by atoms with Gasteiger partial charge in [0, 0.05) is 25.9 Å². The molecule has 0 saturated carbocycles. The fraction of sp³-hybridized carbons (Fsp3) is 0.933. The molecule has 0 radical (unpaired) electrons. The molecule has 0 unspecified atom stereocenters. The standard InChI is InChI=1S/C15H26F3NO3/c1-3-5-13(21,6-4-2)11-12(20)19-9-7-14(22,8-10-19)15(16,17)18/h21-22H,3-11H2,1-2H3. The number of likely N-dealkylation sites (tertiary alicyclic amines) is 1. The van der Waals surface area contributed by atoms with Crippen molar-refractivity contribution in [3.8, 4) is 0 Å². The highest BCUT2D eigenvalue weighted by Crippen LogP contribution is 2.38. The Hall–Kier alpha value is -0.820. The number of aliphatic hydroxyl groups is 2. The lowest BCUT2D eigenvalue weighted by Crippen LogP contribution is -2.55. The van der Waals surface area contributed by atoms with Crippen LogP contribution in [0, 0.1) is 0 Å². The van der Waals surface area contributed by atoms with E-state index < -0.39 is 30.2 Å². The third-order valence-electron chi connectivity index (χ3n) is 4.38. The molecule has 1 saturated heterocycles. The minimum absolute atomic E-state index is 0.0703. The van der Waals surface area contributed by atoms with Gasteiger partial charge in [0.1, 0.15) is 0 Å². The van der Waals surface area contributed by atoms with E-state index in [0.29, 0.717) is 12.8 Å². The maximum atomic E-state index is 12.7. The van der Waals surface area contributed by atoms with E-state index in [-0.39, 0.29) is 25.4 Å². The first-order valence-corrected chi connectivity index (χ1v) is 7.86. The first kappa shape index (κ1) is 19.2. The molecule has 1 fully saturated rings. The fourth-order valence-electron chi connectivity index (χ4n) is 3.04. The maximum absolute atomic E-state index is 12.7. The van der Waals surface area contributed by atoms with Crippen molar-refractivity contribution >= 4 is 5.91 Å². The molecule has 0 aromatic rings. The number of hydrogen-bond donors (Lipinski definition) is 2. The van der Waals surface area contributed by atoms with Crippen LogP contribution < -0.4 is 0 Å². The van der Waals surface area contributed by atoms with Gasteiger partial charge in [-0.05, 0) is 12.8 Å². The molecule has 0 bridgehead atoms. The topological polar surface area (TPSA) is 60.8 Å². The molecule has 0 aromatic heterocycles. The molecule has 1 heterocycles. The number of nitrogens with zero attached hydrogens (tertiary/aromatic N) is 1. The zero-order valence-corrected chi connectivity index (χ0v) is 13.2. The van der Waals surface area contributed by atoms with Gasteiger partial charge in [-0.2, -0.15) is 13.2 Å². The number of piperidine rings is 1. The van der Waals surface area contributed by atoms with Gasteiger partial charge in [-0.25, -0.2) is 0 Å². The highest BCUT2D eigenvalue weighted by molar-refractivity contribution is 5.77. The van der Waals surface area contributed by atoms with E-state index >= 15 is 0 Å². The van der Waals surface area contributed by atoms with Crippen LogP contribution in [0.15, 0.2) is 0 Å². The third-order valence-corrected chi connectivity index (χ3v) is 4.38. The number of halogens is 3. The SMILES string of the molecule is CCCC(O)(CCC)CC(=O)N1CCC(O)(C(F)(F)F)CC1. The number of amides is 1. The molecule has 130 valence electrons. The van der Waals surface area contributed by atoms with Crippen molar-refractivity contribution in [1.29, 1.82) is 0 Å². The van der Waals surface area contributed by atoms with Gasteiger partial charge >= 0.3 is 6.18 Å². The molecular formula is C15H26F3NO3. The van der Waals surface area contributed by atoms with Crippen molar-refractivity contribution in [1.82, 2.24) is 4.90 Å². The van der Waals surface area contributed by atoms with Gasteiger partial charge < -0.3 is 15.1 Å². The zero-order chi connectivity index (χ0) is 17.0. The first-order valence-electron chi connectivity index (χ1n) is 7.86.